The first-order valence-electron chi connectivity index (χ1n) is 8.27. The number of hydrogen-bond acceptors (Lipinski definition) is 7. The van der Waals surface area contributed by atoms with E-state index in [9.17, 15) is 10.1 Å². The van der Waals surface area contributed by atoms with Crippen LogP contribution >= 0.6 is 0 Å². The number of nitrogens with one attached hydrogen (secondary N) is 1. The minimum absolute atomic E-state index is 0.00731. The van der Waals surface area contributed by atoms with E-state index in [0.717, 1.165) is 5.56 Å². The molecule has 0 fully saturated rings. The second-order valence-electron chi connectivity index (χ2n) is 5.67. The van der Waals surface area contributed by atoms with Crippen LogP contribution < -0.4 is 15.2 Å². The van der Waals surface area contributed by atoms with Crippen LogP contribution in [0.1, 0.15) is 24.4 Å². The summed E-state index contributed by atoms with van der Waals surface area (Å²) in [5, 5.41) is 17.7. The highest BCUT2D eigenvalue weighted by Crippen LogP contribution is 2.31. The van der Waals surface area contributed by atoms with E-state index in [0.29, 0.717) is 35.3 Å². The van der Waals surface area contributed by atoms with Gasteiger partial charge in [-0.2, -0.15) is 5.10 Å². The molecule has 0 radical (unpaired) electrons. The number of nitro benzene ring substituents is 1. The third-order valence-electron chi connectivity index (χ3n) is 3.98. The van der Waals surface area contributed by atoms with Crippen LogP contribution in [0.4, 0.5) is 5.69 Å². The predicted molar refractivity (Wildman–Crippen MR) is 98.7 cm³/mol. The van der Waals surface area contributed by atoms with Crippen LogP contribution in [-0.4, -0.2) is 33.8 Å². The number of nitrogens with two attached hydrogens (primary N) is 1. The van der Waals surface area contributed by atoms with Gasteiger partial charge in [0.1, 0.15) is 5.82 Å². The lowest BCUT2D eigenvalue weighted by molar-refractivity contribution is -0.384. The first kappa shape index (κ1) is 18.3. The van der Waals surface area contributed by atoms with Crippen LogP contribution in [0.2, 0.25) is 0 Å². The summed E-state index contributed by atoms with van der Waals surface area (Å²) in [5.41, 5.74) is 7.75. The smallest absolute Gasteiger partial charge is 0.269 e. The standard InChI is InChI=1S/C18H19N5O4/c1-3-27-15-10-12(6-9-14(15)26-2)16(19)18-20-17(21-22-18)11-4-7-13(8-5-11)23(24)25/h4-10,16H,3,19H2,1-2H3,(H,20,21,22). The number of methoxy groups -OCH3 is 1. The molecule has 9 heteroatoms. The van der Waals surface area contributed by atoms with Crippen LogP contribution in [0.25, 0.3) is 11.4 Å². The highest BCUT2D eigenvalue weighted by molar-refractivity contribution is 5.57. The second kappa shape index (κ2) is 7.83. The SMILES string of the molecule is CCOc1cc(C(N)c2nc(-c3ccc([N+](=O)[O-])cc3)n[nH]2)ccc1OC. The molecule has 0 aliphatic carbocycles. The monoisotopic (exact) mass is 369 g/mol. The van der Waals surface area contributed by atoms with E-state index in [1.54, 1.807) is 31.4 Å². The van der Waals surface area contributed by atoms with Gasteiger partial charge in [0.2, 0.25) is 0 Å². The van der Waals surface area contributed by atoms with Crippen LogP contribution in [0.15, 0.2) is 42.5 Å². The number of rotatable bonds is 7. The average Bonchev–Trinajstić information content (AvgIpc) is 3.18. The van der Waals surface area contributed by atoms with Crippen LogP contribution in [-0.2, 0) is 0 Å². The van der Waals surface area contributed by atoms with Gasteiger partial charge in [-0.3, -0.25) is 15.2 Å². The molecular formula is C18H19N5O4. The van der Waals surface area contributed by atoms with Gasteiger partial charge in [0.15, 0.2) is 17.3 Å². The van der Waals surface area contributed by atoms with Gasteiger partial charge < -0.3 is 15.2 Å². The van der Waals surface area contributed by atoms with E-state index in [2.05, 4.69) is 15.2 Å². The van der Waals surface area contributed by atoms with Crippen molar-refractivity contribution in [1.82, 2.24) is 15.2 Å². The maximum atomic E-state index is 10.8. The van der Waals surface area contributed by atoms with Crippen molar-refractivity contribution in [2.24, 2.45) is 5.73 Å². The zero-order valence-electron chi connectivity index (χ0n) is 14.9. The Morgan fingerprint density at radius 1 is 1.22 bits per heavy atom. The highest BCUT2D eigenvalue weighted by atomic mass is 16.6. The third-order valence-corrected chi connectivity index (χ3v) is 3.98. The fourth-order valence-electron chi connectivity index (χ4n) is 2.59. The zero-order chi connectivity index (χ0) is 19.4. The lowest BCUT2D eigenvalue weighted by atomic mass is 10.1. The number of nitro groups is 1. The Balaban J connectivity index is 1.85. The molecule has 1 unspecified atom stereocenters. The first-order chi connectivity index (χ1) is 13.0. The summed E-state index contributed by atoms with van der Waals surface area (Å²) in [5.74, 6) is 2.10. The Hall–Kier alpha value is -3.46. The number of benzene rings is 2. The fraction of sp³-hybridized carbons (Fsp3) is 0.222. The number of non-ortho nitro benzene ring substituents is 1. The van der Waals surface area contributed by atoms with E-state index in [-0.39, 0.29) is 5.69 Å². The van der Waals surface area contributed by atoms with Gasteiger partial charge in [-0.15, -0.1) is 0 Å². The fourth-order valence-corrected chi connectivity index (χ4v) is 2.59. The number of ether oxygens (including phenoxy) is 2. The molecule has 0 saturated carbocycles. The molecule has 0 spiro atoms. The van der Waals surface area contributed by atoms with Crippen molar-refractivity contribution >= 4 is 5.69 Å². The Labute approximate surface area is 155 Å². The second-order valence-corrected chi connectivity index (χ2v) is 5.67. The van der Waals surface area contributed by atoms with Crippen molar-refractivity contribution in [2.45, 2.75) is 13.0 Å². The molecule has 0 aliphatic heterocycles. The van der Waals surface area contributed by atoms with Gasteiger partial charge in [-0.1, -0.05) is 6.07 Å². The van der Waals surface area contributed by atoms with Crippen molar-refractivity contribution < 1.29 is 14.4 Å². The normalized spacial score (nSPS) is 11.8. The zero-order valence-corrected chi connectivity index (χ0v) is 14.9. The van der Waals surface area contributed by atoms with Crippen molar-refractivity contribution in [3.63, 3.8) is 0 Å². The van der Waals surface area contributed by atoms with Crippen molar-refractivity contribution in [1.29, 1.82) is 0 Å². The lowest BCUT2D eigenvalue weighted by Gasteiger charge is -2.14. The van der Waals surface area contributed by atoms with E-state index in [4.69, 9.17) is 15.2 Å². The Morgan fingerprint density at radius 3 is 2.59 bits per heavy atom. The summed E-state index contributed by atoms with van der Waals surface area (Å²) in [6, 6.07) is 10.9. The molecule has 27 heavy (non-hydrogen) atoms. The number of hydrogen-bond donors (Lipinski definition) is 2. The van der Waals surface area contributed by atoms with Crippen molar-refractivity contribution in [3.8, 4) is 22.9 Å². The van der Waals surface area contributed by atoms with E-state index in [1.165, 1.54) is 12.1 Å². The molecule has 0 bridgehead atoms. The first-order valence-corrected chi connectivity index (χ1v) is 8.27. The number of H-pyrrole nitrogens is 1. The maximum absolute atomic E-state index is 10.8. The Morgan fingerprint density at radius 2 is 1.96 bits per heavy atom. The van der Waals surface area contributed by atoms with E-state index in [1.807, 2.05) is 13.0 Å². The Bertz CT molecular complexity index is 939. The summed E-state index contributed by atoms with van der Waals surface area (Å²) >= 11 is 0. The molecule has 9 nitrogen and oxygen atoms in total. The molecule has 1 atom stereocenters. The van der Waals surface area contributed by atoms with Crippen LogP contribution in [0, 0.1) is 10.1 Å². The van der Waals surface area contributed by atoms with Gasteiger partial charge in [0.05, 0.1) is 24.7 Å². The minimum Gasteiger partial charge on any atom is -0.493 e. The van der Waals surface area contributed by atoms with Crippen LogP contribution in [0.3, 0.4) is 0 Å². The number of nitrogens with zero attached hydrogens (tertiary/aromatic N) is 3. The summed E-state index contributed by atoms with van der Waals surface area (Å²) in [6.07, 6.45) is 0. The molecule has 3 rings (SSSR count). The molecule has 140 valence electrons. The predicted octanol–water partition coefficient (Wildman–Crippen LogP) is 2.84. The van der Waals surface area contributed by atoms with Crippen LogP contribution in [0.5, 0.6) is 11.5 Å². The average molecular weight is 369 g/mol. The van der Waals surface area contributed by atoms with Gasteiger partial charge in [0.25, 0.3) is 5.69 Å². The molecule has 1 heterocycles. The maximum Gasteiger partial charge on any atom is 0.269 e. The quantitative estimate of drug-likeness (QED) is 0.484. The number of aromatic amines is 1. The largest absolute Gasteiger partial charge is 0.493 e. The molecule has 2 aromatic carbocycles. The third kappa shape index (κ3) is 3.87. The van der Waals surface area contributed by atoms with E-state index >= 15 is 0 Å². The topological polar surface area (TPSA) is 129 Å². The lowest BCUT2D eigenvalue weighted by Crippen LogP contribution is -2.14. The minimum atomic E-state index is -0.547. The van der Waals surface area contributed by atoms with E-state index < -0.39 is 11.0 Å². The van der Waals surface area contributed by atoms with Gasteiger partial charge in [-0.05, 0) is 36.8 Å². The summed E-state index contributed by atoms with van der Waals surface area (Å²) < 4.78 is 10.9. The van der Waals surface area contributed by atoms with Gasteiger partial charge >= 0.3 is 0 Å². The van der Waals surface area contributed by atoms with Gasteiger partial charge in [0, 0.05) is 17.7 Å². The molecule has 0 aliphatic rings. The van der Waals surface area contributed by atoms with Crippen molar-refractivity contribution in [2.75, 3.05) is 13.7 Å². The molecular weight excluding hydrogens is 350 g/mol. The Kier molecular flexibility index (Phi) is 5.32. The summed E-state index contributed by atoms with van der Waals surface area (Å²) in [7, 11) is 1.57. The molecule has 0 amide bonds. The highest BCUT2D eigenvalue weighted by Gasteiger charge is 2.17. The molecule has 1 aromatic heterocycles. The van der Waals surface area contributed by atoms with Gasteiger partial charge in [-0.25, -0.2) is 4.98 Å². The summed E-state index contributed by atoms with van der Waals surface area (Å²) in [4.78, 5) is 14.7. The number of aromatic nitrogens is 3. The summed E-state index contributed by atoms with van der Waals surface area (Å²) in [6.45, 7) is 2.39. The van der Waals surface area contributed by atoms with Crippen molar-refractivity contribution in [3.05, 3.63) is 64.0 Å². The molecule has 3 aromatic rings. The molecule has 0 saturated heterocycles. The molecule has 3 N–H and O–H groups in total.